The Labute approximate surface area is 152 Å². The van der Waals surface area contributed by atoms with Gasteiger partial charge in [0.25, 0.3) is 0 Å². The first-order chi connectivity index (χ1) is 12.2. The summed E-state index contributed by atoms with van der Waals surface area (Å²) in [6, 6.07) is 7.87. The molecule has 2 amide bonds. The van der Waals surface area contributed by atoms with Crippen LogP contribution in [-0.2, 0) is 6.54 Å². The minimum absolute atomic E-state index is 0.00134. The first kappa shape index (κ1) is 17.6. The van der Waals surface area contributed by atoms with E-state index < -0.39 is 0 Å². The highest BCUT2D eigenvalue weighted by Crippen LogP contribution is 2.30. The fraction of sp³-hybridized carbons (Fsp3) is 0.421. The quantitative estimate of drug-likeness (QED) is 0.881. The lowest BCUT2D eigenvalue weighted by molar-refractivity contribution is 0.181. The SMILES string of the molecule is COc1ccc(CNC(=O)N2CCC(c3ccsc3)CC2)cc1OC. The minimum Gasteiger partial charge on any atom is -0.493 e. The molecule has 0 radical (unpaired) electrons. The van der Waals surface area contributed by atoms with Crippen LogP contribution in [0.4, 0.5) is 4.79 Å². The maximum atomic E-state index is 12.4. The van der Waals surface area contributed by atoms with Crippen molar-refractivity contribution in [3.63, 3.8) is 0 Å². The molecule has 1 aliphatic heterocycles. The summed E-state index contributed by atoms with van der Waals surface area (Å²) in [6.45, 7) is 2.08. The first-order valence-electron chi connectivity index (χ1n) is 8.47. The molecule has 134 valence electrons. The van der Waals surface area contributed by atoms with Crippen molar-refractivity contribution >= 4 is 17.4 Å². The number of ether oxygens (including phenoxy) is 2. The number of rotatable bonds is 5. The molecule has 0 spiro atoms. The summed E-state index contributed by atoms with van der Waals surface area (Å²) >= 11 is 1.74. The van der Waals surface area contributed by atoms with Gasteiger partial charge in [0.2, 0.25) is 0 Å². The number of methoxy groups -OCH3 is 2. The van der Waals surface area contributed by atoms with Crippen molar-refractivity contribution in [2.75, 3.05) is 27.3 Å². The summed E-state index contributed by atoms with van der Waals surface area (Å²) < 4.78 is 10.5. The molecule has 2 heterocycles. The zero-order valence-corrected chi connectivity index (χ0v) is 15.5. The van der Waals surface area contributed by atoms with Crippen molar-refractivity contribution in [2.45, 2.75) is 25.3 Å². The summed E-state index contributed by atoms with van der Waals surface area (Å²) in [6.07, 6.45) is 2.06. The van der Waals surface area contributed by atoms with Crippen molar-refractivity contribution in [2.24, 2.45) is 0 Å². The van der Waals surface area contributed by atoms with Gasteiger partial charge >= 0.3 is 6.03 Å². The van der Waals surface area contributed by atoms with E-state index in [0.717, 1.165) is 31.5 Å². The van der Waals surface area contributed by atoms with Crippen LogP contribution in [0.5, 0.6) is 11.5 Å². The number of piperidine rings is 1. The molecule has 0 aliphatic carbocycles. The number of benzene rings is 1. The molecule has 25 heavy (non-hydrogen) atoms. The normalized spacial score (nSPS) is 15.0. The van der Waals surface area contributed by atoms with Crippen molar-refractivity contribution in [1.29, 1.82) is 0 Å². The van der Waals surface area contributed by atoms with Gasteiger partial charge in [-0.3, -0.25) is 0 Å². The Bertz CT molecular complexity index is 695. The second-order valence-electron chi connectivity index (χ2n) is 6.17. The number of carbonyl (C=O) groups is 1. The lowest BCUT2D eigenvalue weighted by Crippen LogP contribution is -2.43. The van der Waals surface area contributed by atoms with Crippen LogP contribution in [0.15, 0.2) is 35.0 Å². The molecular formula is C19H24N2O3S. The zero-order chi connectivity index (χ0) is 17.6. The van der Waals surface area contributed by atoms with Crippen LogP contribution in [0.3, 0.4) is 0 Å². The van der Waals surface area contributed by atoms with Gasteiger partial charge in [-0.05, 0) is 58.8 Å². The molecule has 1 fully saturated rings. The Morgan fingerprint density at radius 3 is 2.60 bits per heavy atom. The van der Waals surface area contributed by atoms with Gasteiger partial charge < -0.3 is 19.7 Å². The minimum atomic E-state index is -0.00134. The molecule has 1 aromatic carbocycles. The van der Waals surface area contributed by atoms with Crippen LogP contribution in [0.25, 0.3) is 0 Å². The summed E-state index contributed by atoms with van der Waals surface area (Å²) in [4.78, 5) is 14.3. The summed E-state index contributed by atoms with van der Waals surface area (Å²) in [5, 5.41) is 7.34. The van der Waals surface area contributed by atoms with Crippen LogP contribution in [0.2, 0.25) is 0 Å². The molecule has 1 aromatic heterocycles. The van der Waals surface area contributed by atoms with E-state index >= 15 is 0 Å². The second kappa shape index (κ2) is 8.25. The summed E-state index contributed by atoms with van der Waals surface area (Å²) in [5.74, 6) is 1.94. The zero-order valence-electron chi connectivity index (χ0n) is 14.7. The van der Waals surface area contributed by atoms with Crippen molar-refractivity contribution < 1.29 is 14.3 Å². The van der Waals surface area contributed by atoms with Gasteiger partial charge in [-0.1, -0.05) is 6.07 Å². The number of likely N-dealkylation sites (tertiary alicyclic amines) is 1. The maximum Gasteiger partial charge on any atom is 0.317 e. The molecule has 1 saturated heterocycles. The number of nitrogens with one attached hydrogen (secondary N) is 1. The molecule has 5 nitrogen and oxygen atoms in total. The number of nitrogens with zero attached hydrogens (tertiary/aromatic N) is 1. The average molecular weight is 360 g/mol. The molecule has 1 aliphatic rings. The van der Waals surface area contributed by atoms with Crippen LogP contribution < -0.4 is 14.8 Å². The van der Waals surface area contributed by atoms with E-state index in [2.05, 4.69) is 22.1 Å². The number of thiophene rings is 1. The molecule has 0 atom stereocenters. The molecule has 0 bridgehead atoms. The van der Waals surface area contributed by atoms with E-state index in [1.807, 2.05) is 23.1 Å². The second-order valence-corrected chi connectivity index (χ2v) is 6.95. The van der Waals surface area contributed by atoms with Crippen LogP contribution in [-0.4, -0.2) is 38.2 Å². The highest BCUT2D eigenvalue weighted by atomic mass is 32.1. The van der Waals surface area contributed by atoms with Crippen molar-refractivity contribution in [3.05, 3.63) is 46.2 Å². The van der Waals surface area contributed by atoms with Crippen LogP contribution in [0.1, 0.15) is 29.9 Å². The van der Waals surface area contributed by atoms with E-state index in [9.17, 15) is 4.79 Å². The predicted molar refractivity (Wildman–Crippen MR) is 99.6 cm³/mol. The molecular weight excluding hydrogens is 336 g/mol. The monoisotopic (exact) mass is 360 g/mol. The lowest BCUT2D eigenvalue weighted by Gasteiger charge is -2.31. The maximum absolute atomic E-state index is 12.4. The number of hydrogen-bond acceptors (Lipinski definition) is 4. The van der Waals surface area contributed by atoms with Gasteiger partial charge in [0.1, 0.15) is 0 Å². The molecule has 0 unspecified atom stereocenters. The Hall–Kier alpha value is -2.21. The lowest BCUT2D eigenvalue weighted by atomic mass is 9.91. The largest absolute Gasteiger partial charge is 0.493 e. The van der Waals surface area contributed by atoms with Gasteiger partial charge in [0.15, 0.2) is 11.5 Å². The Morgan fingerprint density at radius 2 is 1.96 bits per heavy atom. The summed E-state index contributed by atoms with van der Waals surface area (Å²) in [5.41, 5.74) is 2.40. The fourth-order valence-electron chi connectivity index (χ4n) is 3.20. The Balaban J connectivity index is 1.50. The molecule has 0 saturated carbocycles. The standard InChI is InChI=1S/C19H24N2O3S/c1-23-17-4-3-14(11-18(17)24-2)12-20-19(22)21-8-5-15(6-9-21)16-7-10-25-13-16/h3-4,7,10-11,13,15H,5-6,8-9,12H2,1-2H3,(H,20,22). The molecule has 2 aromatic rings. The van der Waals surface area contributed by atoms with Crippen molar-refractivity contribution in [3.8, 4) is 11.5 Å². The molecule has 1 N–H and O–H groups in total. The third-order valence-corrected chi connectivity index (χ3v) is 5.39. The van der Waals surface area contributed by atoms with Gasteiger partial charge in [0.05, 0.1) is 14.2 Å². The van der Waals surface area contributed by atoms with E-state index in [1.54, 1.807) is 25.6 Å². The van der Waals surface area contributed by atoms with Crippen molar-refractivity contribution in [1.82, 2.24) is 10.2 Å². The molecule has 3 rings (SSSR count). The van der Waals surface area contributed by atoms with E-state index in [1.165, 1.54) is 5.56 Å². The highest BCUT2D eigenvalue weighted by Gasteiger charge is 2.23. The Morgan fingerprint density at radius 1 is 1.20 bits per heavy atom. The van der Waals surface area contributed by atoms with E-state index in [-0.39, 0.29) is 6.03 Å². The topological polar surface area (TPSA) is 50.8 Å². The van der Waals surface area contributed by atoms with Gasteiger partial charge in [0, 0.05) is 19.6 Å². The summed E-state index contributed by atoms with van der Waals surface area (Å²) in [7, 11) is 3.22. The van der Waals surface area contributed by atoms with E-state index in [4.69, 9.17) is 9.47 Å². The number of carbonyl (C=O) groups excluding carboxylic acids is 1. The molecule has 6 heteroatoms. The third kappa shape index (κ3) is 4.25. The third-order valence-electron chi connectivity index (χ3n) is 4.69. The van der Waals surface area contributed by atoms with E-state index in [0.29, 0.717) is 24.0 Å². The van der Waals surface area contributed by atoms with Gasteiger partial charge in [-0.2, -0.15) is 11.3 Å². The fourth-order valence-corrected chi connectivity index (χ4v) is 3.95. The predicted octanol–water partition coefficient (Wildman–Crippen LogP) is 3.85. The first-order valence-corrected chi connectivity index (χ1v) is 9.41. The van der Waals surface area contributed by atoms with Gasteiger partial charge in [-0.15, -0.1) is 0 Å². The Kier molecular flexibility index (Phi) is 5.81. The van der Waals surface area contributed by atoms with Crippen LogP contribution in [0, 0.1) is 0 Å². The highest BCUT2D eigenvalue weighted by molar-refractivity contribution is 7.07. The number of hydrogen-bond donors (Lipinski definition) is 1. The van der Waals surface area contributed by atoms with Gasteiger partial charge in [-0.25, -0.2) is 4.79 Å². The average Bonchev–Trinajstić information content (AvgIpc) is 3.20. The smallest absolute Gasteiger partial charge is 0.317 e. The van der Waals surface area contributed by atoms with Crippen LogP contribution >= 0.6 is 11.3 Å². The number of urea groups is 1. The number of amides is 2.